The van der Waals surface area contributed by atoms with E-state index in [1.807, 2.05) is 0 Å². The lowest BCUT2D eigenvalue weighted by molar-refractivity contribution is -0.120. The number of methoxy groups -OCH3 is 1. The summed E-state index contributed by atoms with van der Waals surface area (Å²) in [5.41, 5.74) is 0.703. The zero-order valence-electron chi connectivity index (χ0n) is 9.70. The number of carbonyl (C=O) groups is 1. The maximum Gasteiger partial charge on any atom is 0.234 e. The van der Waals surface area contributed by atoms with Gasteiger partial charge < -0.3 is 15.4 Å². The molecule has 0 saturated carbocycles. The van der Waals surface area contributed by atoms with Crippen molar-refractivity contribution in [3.8, 4) is 0 Å². The largest absolute Gasteiger partial charge is 0.383 e. The number of pyridine rings is 1. The molecule has 0 saturated heterocycles. The molecule has 0 aliphatic heterocycles. The van der Waals surface area contributed by atoms with Gasteiger partial charge in [-0.25, -0.2) is 4.39 Å². The van der Waals surface area contributed by atoms with Crippen LogP contribution in [0.4, 0.5) is 4.39 Å². The van der Waals surface area contributed by atoms with Gasteiger partial charge in [0.1, 0.15) is 5.82 Å². The monoisotopic (exact) mass is 241 g/mol. The number of aromatic nitrogens is 1. The molecule has 0 aromatic carbocycles. The Bertz CT molecular complexity index is 360. The summed E-state index contributed by atoms with van der Waals surface area (Å²) in [6.07, 6.45) is 2.69. The van der Waals surface area contributed by atoms with Crippen molar-refractivity contribution in [2.45, 2.75) is 6.54 Å². The Morgan fingerprint density at radius 2 is 2.35 bits per heavy atom. The summed E-state index contributed by atoms with van der Waals surface area (Å²) in [6, 6.07) is 1.38. The first-order valence-electron chi connectivity index (χ1n) is 5.28. The van der Waals surface area contributed by atoms with Gasteiger partial charge in [-0.05, 0) is 11.6 Å². The number of ether oxygens (including phenoxy) is 1. The second-order valence-corrected chi connectivity index (χ2v) is 3.46. The predicted octanol–water partition coefficient (Wildman–Crippen LogP) is 0.0729. The lowest BCUT2D eigenvalue weighted by atomic mass is 10.3. The van der Waals surface area contributed by atoms with Crippen molar-refractivity contribution in [1.82, 2.24) is 15.6 Å². The maximum absolute atomic E-state index is 12.8. The van der Waals surface area contributed by atoms with Crippen LogP contribution in [0.2, 0.25) is 0 Å². The number of nitrogens with zero attached hydrogens (tertiary/aromatic N) is 1. The van der Waals surface area contributed by atoms with Crippen LogP contribution in [0.1, 0.15) is 5.56 Å². The molecule has 1 aromatic heterocycles. The number of carbonyl (C=O) groups excluding carboxylic acids is 1. The molecule has 1 heterocycles. The Kier molecular flexibility index (Phi) is 6.13. The fourth-order valence-corrected chi connectivity index (χ4v) is 1.23. The summed E-state index contributed by atoms with van der Waals surface area (Å²) < 4.78 is 17.6. The highest BCUT2D eigenvalue weighted by Gasteiger charge is 2.00. The summed E-state index contributed by atoms with van der Waals surface area (Å²) in [4.78, 5) is 15.0. The van der Waals surface area contributed by atoms with Gasteiger partial charge in [-0.3, -0.25) is 9.78 Å². The Morgan fingerprint density at radius 1 is 1.53 bits per heavy atom. The number of amides is 1. The van der Waals surface area contributed by atoms with E-state index in [0.29, 0.717) is 25.3 Å². The van der Waals surface area contributed by atoms with Gasteiger partial charge in [0.2, 0.25) is 5.91 Å². The van der Waals surface area contributed by atoms with Crippen LogP contribution in [-0.2, 0) is 16.1 Å². The molecule has 1 amide bonds. The number of halogens is 1. The molecule has 94 valence electrons. The smallest absolute Gasteiger partial charge is 0.234 e. The van der Waals surface area contributed by atoms with Crippen LogP contribution >= 0.6 is 0 Å². The van der Waals surface area contributed by atoms with Crippen LogP contribution in [-0.4, -0.2) is 37.7 Å². The molecule has 1 rings (SSSR count). The fraction of sp³-hybridized carbons (Fsp3) is 0.455. The van der Waals surface area contributed by atoms with E-state index >= 15 is 0 Å². The Morgan fingerprint density at radius 3 is 3.06 bits per heavy atom. The van der Waals surface area contributed by atoms with Crippen LogP contribution in [0.5, 0.6) is 0 Å². The number of hydrogen-bond donors (Lipinski definition) is 2. The molecule has 17 heavy (non-hydrogen) atoms. The van der Waals surface area contributed by atoms with E-state index in [2.05, 4.69) is 15.6 Å². The summed E-state index contributed by atoms with van der Waals surface area (Å²) in [5, 5.41) is 5.56. The first kappa shape index (κ1) is 13.5. The van der Waals surface area contributed by atoms with Crippen molar-refractivity contribution < 1.29 is 13.9 Å². The number of rotatable bonds is 7. The van der Waals surface area contributed by atoms with Crippen LogP contribution in [0.15, 0.2) is 18.5 Å². The lowest BCUT2D eigenvalue weighted by Gasteiger charge is -2.06. The Balaban J connectivity index is 2.17. The minimum atomic E-state index is -0.381. The van der Waals surface area contributed by atoms with Gasteiger partial charge in [0, 0.05) is 26.4 Å². The minimum absolute atomic E-state index is 0.119. The molecule has 0 fully saturated rings. The zero-order valence-corrected chi connectivity index (χ0v) is 9.70. The van der Waals surface area contributed by atoms with Gasteiger partial charge in [0.05, 0.1) is 19.3 Å². The number of hydrogen-bond acceptors (Lipinski definition) is 4. The molecule has 0 bridgehead atoms. The summed E-state index contributed by atoms with van der Waals surface area (Å²) >= 11 is 0. The third-order valence-electron chi connectivity index (χ3n) is 2.00. The highest BCUT2D eigenvalue weighted by molar-refractivity contribution is 5.77. The molecule has 0 aliphatic carbocycles. The molecule has 0 unspecified atom stereocenters. The standard InChI is InChI=1S/C11H16FN3O2/c1-17-3-2-15-11(16)8-14-6-9-4-10(12)7-13-5-9/h4-5,7,14H,2-3,6,8H2,1H3,(H,15,16). The predicted molar refractivity (Wildman–Crippen MR) is 60.8 cm³/mol. The maximum atomic E-state index is 12.8. The van der Waals surface area contributed by atoms with Crippen LogP contribution < -0.4 is 10.6 Å². The van der Waals surface area contributed by atoms with Gasteiger partial charge >= 0.3 is 0 Å². The third kappa shape index (κ3) is 5.94. The van der Waals surface area contributed by atoms with Crippen molar-refractivity contribution in [3.63, 3.8) is 0 Å². The quantitative estimate of drug-likeness (QED) is 0.663. The van der Waals surface area contributed by atoms with Crippen molar-refractivity contribution in [3.05, 3.63) is 29.8 Å². The van der Waals surface area contributed by atoms with Crippen LogP contribution in [0.3, 0.4) is 0 Å². The average molecular weight is 241 g/mol. The van der Waals surface area contributed by atoms with Crippen molar-refractivity contribution in [1.29, 1.82) is 0 Å². The summed E-state index contributed by atoms with van der Waals surface area (Å²) in [5.74, 6) is -0.500. The van der Waals surface area contributed by atoms with Gasteiger partial charge in [-0.2, -0.15) is 0 Å². The zero-order chi connectivity index (χ0) is 12.5. The topological polar surface area (TPSA) is 63.2 Å². The van der Waals surface area contributed by atoms with E-state index in [1.165, 1.54) is 6.07 Å². The summed E-state index contributed by atoms with van der Waals surface area (Å²) in [7, 11) is 1.57. The van der Waals surface area contributed by atoms with Crippen molar-refractivity contribution in [2.75, 3.05) is 26.8 Å². The van der Waals surface area contributed by atoms with E-state index in [4.69, 9.17) is 4.74 Å². The number of nitrogens with one attached hydrogen (secondary N) is 2. The van der Waals surface area contributed by atoms with Gasteiger partial charge in [0.15, 0.2) is 0 Å². The van der Waals surface area contributed by atoms with E-state index in [-0.39, 0.29) is 18.3 Å². The van der Waals surface area contributed by atoms with E-state index in [0.717, 1.165) is 6.20 Å². The second kappa shape index (κ2) is 7.70. The summed E-state index contributed by atoms with van der Waals surface area (Å²) in [6.45, 7) is 1.56. The SMILES string of the molecule is COCCNC(=O)CNCc1cncc(F)c1. The average Bonchev–Trinajstić information content (AvgIpc) is 2.29. The van der Waals surface area contributed by atoms with Gasteiger partial charge in [-0.15, -0.1) is 0 Å². The molecule has 1 aromatic rings. The second-order valence-electron chi connectivity index (χ2n) is 3.46. The van der Waals surface area contributed by atoms with Crippen molar-refractivity contribution >= 4 is 5.91 Å². The Hall–Kier alpha value is -1.53. The van der Waals surface area contributed by atoms with E-state index in [9.17, 15) is 9.18 Å². The van der Waals surface area contributed by atoms with E-state index < -0.39 is 0 Å². The third-order valence-corrected chi connectivity index (χ3v) is 2.00. The molecule has 5 nitrogen and oxygen atoms in total. The molecule has 0 radical (unpaired) electrons. The van der Waals surface area contributed by atoms with Gasteiger partial charge in [-0.1, -0.05) is 0 Å². The van der Waals surface area contributed by atoms with Crippen molar-refractivity contribution in [2.24, 2.45) is 0 Å². The lowest BCUT2D eigenvalue weighted by Crippen LogP contribution is -2.35. The van der Waals surface area contributed by atoms with Crippen LogP contribution in [0.25, 0.3) is 0 Å². The molecular weight excluding hydrogens is 225 g/mol. The fourth-order valence-electron chi connectivity index (χ4n) is 1.23. The Labute approximate surface area is 99.4 Å². The molecule has 2 N–H and O–H groups in total. The van der Waals surface area contributed by atoms with E-state index in [1.54, 1.807) is 13.3 Å². The molecule has 0 atom stereocenters. The molecule has 0 aliphatic rings. The van der Waals surface area contributed by atoms with Crippen LogP contribution in [0, 0.1) is 5.82 Å². The van der Waals surface area contributed by atoms with Gasteiger partial charge in [0.25, 0.3) is 0 Å². The normalized spacial score (nSPS) is 10.2. The highest BCUT2D eigenvalue weighted by Crippen LogP contribution is 1.99. The first-order chi connectivity index (χ1) is 8.22. The highest BCUT2D eigenvalue weighted by atomic mass is 19.1. The minimum Gasteiger partial charge on any atom is -0.383 e. The first-order valence-corrected chi connectivity index (χ1v) is 5.28. The molecular formula is C11H16FN3O2. The molecule has 0 spiro atoms. The molecule has 6 heteroatoms.